The van der Waals surface area contributed by atoms with Gasteiger partial charge in [-0.3, -0.25) is 14.9 Å². The van der Waals surface area contributed by atoms with Crippen molar-refractivity contribution in [3.8, 4) is 0 Å². The summed E-state index contributed by atoms with van der Waals surface area (Å²) in [4.78, 5) is 47.0. The van der Waals surface area contributed by atoms with Gasteiger partial charge in [0.25, 0.3) is 5.91 Å². The van der Waals surface area contributed by atoms with Crippen LogP contribution in [0.3, 0.4) is 0 Å². The summed E-state index contributed by atoms with van der Waals surface area (Å²) in [5.41, 5.74) is -0.686. The van der Waals surface area contributed by atoms with Crippen molar-refractivity contribution in [2.24, 2.45) is 0 Å². The molecule has 2 aromatic rings. The van der Waals surface area contributed by atoms with Crippen molar-refractivity contribution in [2.75, 3.05) is 6.61 Å². The van der Waals surface area contributed by atoms with Crippen LogP contribution in [-0.4, -0.2) is 30.1 Å². The summed E-state index contributed by atoms with van der Waals surface area (Å²) in [6.45, 7) is 4.56. The Kier molecular flexibility index (Phi) is 5.21. The van der Waals surface area contributed by atoms with Gasteiger partial charge >= 0.3 is 12.0 Å². The number of rotatable bonds is 3. The maximum atomic E-state index is 11.9. The standard InChI is InChI=1S/C17H18N2O6/c1-17(2,3)19-16(23)18-14(21)9-24-15(22)13-8-11(20)10-6-4-5-7-12(10)25-13/h4-8H,9H2,1-3H3,(H2,18,19,21,23). The number of amides is 3. The monoisotopic (exact) mass is 346 g/mol. The molecule has 0 spiro atoms. The van der Waals surface area contributed by atoms with E-state index in [9.17, 15) is 19.2 Å². The van der Waals surface area contributed by atoms with Gasteiger partial charge in [-0.15, -0.1) is 0 Å². The van der Waals surface area contributed by atoms with E-state index in [1.54, 1.807) is 39.0 Å². The predicted molar refractivity (Wildman–Crippen MR) is 89.2 cm³/mol. The summed E-state index contributed by atoms with van der Waals surface area (Å²) >= 11 is 0. The fourth-order valence-electron chi connectivity index (χ4n) is 1.94. The van der Waals surface area contributed by atoms with Crippen LogP contribution < -0.4 is 16.1 Å². The summed E-state index contributed by atoms with van der Waals surface area (Å²) in [7, 11) is 0. The SMILES string of the molecule is CC(C)(C)NC(=O)NC(=O)COC(=O)c1cc(=O)c2ccccc2o1. The van der Waals surface area contributed by atoms with Crippen molar-refractivity contribution < 1.29 is 23.5 Å². The van der Waals surface area contributed by atoms with Gasteiger partial charge in [-0.05, 0) is 32.9 Å². The molecule has 25 heavy (non-hydrogen) atoms. The summed E-state index contributed by atoms with van der Waals surface area (Å²) in [5.74, 6) is -2.11. The summed E-state index contributed by atoms with van der Waals surface area (Å²) in [5, 5.41) is 4.88. The van der Waals surface area contributed by atoms with Crippen molar-refractivity contribution in [3.05, 3.63) is 46.3 Å². The second-order valence-corrected chi connectivity index (χ2v) is 6.30. The first-order valence-corrected chi connectivity index (χ1v) is 7.48. The third kappa shape index (κ3) is 5.17. The number of fused-ring (bicyclic) bond motifs is 1. The number of hydrogen-bond acceptors (Lipinski definition) is 6. The molecular weight excluding hydrogens is 328 g/mol. The maximum Gasteiger partial charge on any atom is 0.374 e. The Bertz CT molecular complexity index is 879. The van der Waals surface area contributed by atoms with Crippen LogP contribution >= 0.6 is 0 Å². The second-order valence-electron chi connectivity index (χ2n) is 6.30. The van der Waals surface area contributed by atoms with Crippen molar-refractivity contribution in [1.29, 1.82) is 0 Å². The van der Waals surface area contributed by atoms with Gasteiger partial charge in [0.1, 0.15) is 5.58 Å². The smallest absolute Gasteiger partial charge is 0.374 e. The van der Waals surface area contributed by atoms with Gasteiger partial charge < -0.3 is 14.5 Å². The third-order valence-corrected chi connectivity index (χ3v) is 2.91. The summed E-state index contributed by atoms with van der Waals surface area (Å²) < 4.78 is 10.1. The molecule has 0 unspecified atom stereocenters. The van der Waals surface area contributed by atoms with E-state index in [4.69, 9.17) is 9.15 Å². The summed E-state index contributed by atoms with van der Waals surface area (Å²) in [6, 6.07) is 6.72. The zero-order chi connectivity index (χ0) is 18.6. The molecule has 1 heterocycles. The van der Waals surface area contributed by atoms with Crippen LogP contribution in [0.15, 0.2) is 39.5 Å². The average molecular weight is 346 g/mol. The second kappa shape index (κ2) is 7.16. The first-order valence-electron chi connectivity index (χ1n) is 7.48. The van der Waals surface area contributed by atoms with Crippen LogP contribution in [0.4, 0.5) is 4.79 Å². The molecule has 0 bridgehead atoms. The normalized spacial score (nSPS) is 11.0. The van der Waals surface area contributed by atoms with Gasteiger partial charge in [0.2, 0.25) is 5.76 Å². The minimum atomic E-state index is -0.978. The van der Waals surface area contributed by atoms with Crippen molar-refractivity contribution in [3.63, 3.8) is 0 Å². The quantitative estimate of drug-likeness (QED) is 0.815. The van der Waals surface area contributed by atoms with Gasteiger partial charge in [-0.2, -0.15) is 0 Å². The molecule has 0 aliphatic carbocycles. The van der Waals surface area contributed by atoms with Crippen molar-refractivity contribution in [1.82, 2.24) is 10.6 Å². The number of hydrogen-bond donors (Lipinski definition) is 2. The highest BCUT2D eigenvalue weighted by atomic mass is 16.5. The Morgan fingerprint density at radius 2 is 1.84 bits per heavy atom. The number of para-hydroxylation sites is 1. The molecule has 2 rings (SSSR count). The molecule has 0 aliphatic heterocycles. The Hall–Kier alpha value is -3.16. The number of urea groups is 1. The van der Waals surface area contributed by atoms with E-state index in [-0.39, 0.29) is 11.3 Å². The number of carbonyl (C=O) groups excluding carboxylic acids is 3. The Morgan fingerprint density at radius 3 is 2.52 bits per heavy atom. The highest BCUT2D eigenvalue weighted by Gasteiger charge is 2.18. The van der Waals surface area contributed by atoms with Gasteiger partial charge in [0.15, 0.2) is 12.0 Å². The lowest BCUT2D eigenvalue weighted by atomic mass is 10.1. The van der Waals surface area contributed by atoms with Gasteiger partial charge in [0.05, 0.1) is 5.39 Å². The average Bonchev–Trinajstić information content (AvgIpc) is 2.50. The molecule has 3 amide bonds. The third-order valence-electron chi connectivity index (χ3n) is 2.91. The van der Waals surface area contributed by atoms with E-state index >= 15 is 0 Å². The fourth-order valence-corrected chi connectivity index (χ4v) is 1.94. The Labute approximate surface area is 143 Å². The molecular formula is C17H18N2O6. The lowest BCUT2D eigenvalue weighted by molar-refractivity contribution is -0.123. The Morgan fingerprint density at radius 1 is 1.16 bits per heavy atom. The summed E-state index contributed by atoms with van der Waals surface area (Å²) in [6.07, 6.45) is 0. The van der Waals surface area contributed by atoms with Gasteiger partial charge in [-0.1, -0.05) is 12.1 Å². The first-order chi connectivity index (χ1) is 11.7. The van der Waals surface area contributed by atoms with Crippen LogP contribution in [0.5, 0.6) is 0 Å². The molecule has 2 N–H and O–H groups in total. The van der Waals surface area contributed by atoms with Gasteiger partial charge in [0, 0.05) is 11.6 Å². The molecule has 0 saturated heterocycles. The molecule has 0 aliphatic rings. The zero-order valence-electron chi connectivity index (χ0n) is 14.0. The minimum absolute atomic E-state index is 0.232. The van der Waals surface area contributed by atoms with Crippen molar-refractivity contribution >= 4 is 28.9 Å². The molecule has 132 valence electrons. The minimum Gasteiger partial charge on any atom is -0.450 e. The molecule has 8 heteroatoms. The lowest BCUT2D eigenvalue weighted by Crippen LogP contribution is -2.49. The van der Waals surface area contributed by atoms with Crippen LogP contribution in [0, 0.1) is 0 Å². The predicted octanol–water partition coefficient (Wildman–Crippen LogP) is 1.57. The van der Waals surface area contributed by atoms with Crippen LogP contribution in [0.25, 0.3) is 11.0 Å². The maximum absolute atomic E-state index is 11.9. The van der Waals surface area contributed by atoms with Gasteiger partial charge in [-0.25, -0.2) is 9.59 Å². The highest BCUT2D eigenvalue weighted by molar-refractivity contribution is 5.97. The number of imide groups is 1. The first kappa shape index (κ1) is 18.2. The molecule has 0 saturated carbocycles. The number of carbonyl (C=O) groups is 3. The number of nitrogens with one attached hydrogen (secondary N) is 2. The van der Waals surface area contributed by atoms with E-state index in [1.807, 2.05) is 5.32 Å². The number of ether oxygens (including phenoxy) is 1. The van der Waals surface area contributed by atoms with E-state index in [0.717, 1.165) is 6.07 Å². The zero-order valence-corrected chi connectivity index (χ0v) is 14.0. The Balaban J connectivity index is 1.97. The molecule has 1 aromatic heterocycles. The highest BCUT2D eigenvalue weighted by Crippen LogP contribution is 2.12. The number of benzene rings is 1. The molecule has 8 nitrogen and oxygen atoms in total. The van der Waals surface area contributed by atoms with E-state index in [0.29, 0.717) is 5.39 Å². The molecule has 0 fully saturated rings. The molecule has 1 aromatic carbocycles. The fraction of sp³-hybridized carbons (Fsp3) is 0.294. The molecule has 0 radical (unpaired) electrons. The van der Waals surface area contributed by atoms with Crippen LogP contribution in [-0.2, 0) is 9.53 Å². The number of esters is 1. The van der Waals surface area contributed by atoms with E-state index in [1.165, 1.54) is 6.07 Å². The molecule has 0 atom stereocenters. The largest absolute Gasteiger partial charge is 0.450 e. The lowest BCUT2D eigenvalue weighted by Gasteiger charge is -2.20. The van der Waals surface area contributed by atoms with E-state index < -0.39 is 35.5 Å². The topological polar surface area (TPSA) is 115 Å². The van der Waals surface area contributed by atoms with Crippen LogP contribution in [0.1, 0.15) is 31.3 Å². The van der Waals surface area contributed by atoms with Crippen molar-refractivity contribution in [2.45, 2.75) is 26.3 Å². The van der Waals surface area contributed by atoms with E-state index in [2.05, 4.69) is 5.32 Å². The van der Waals surface area contributed by atoms with Crippen LogP contribution in [0.2, 0.25) is 0 Å².